The number of primary sulfonamides is 1. The molecule has 2 aliphatic rings. The van der Waals surface area contributed by atoms with Gasteiger partial charge in [0.15, 0.2) is 11.5 Å². The van der Waals surface area contributed by atoms with Crippen LogP contribution in [-0.2, 0) is 27.7 Å². The van der Waals surface area contributed by atoms with Crippen LogP contribution < -0.4 is 19.5 Å². The van der Waals surface area contributed by atoms with Crippen LogP contribution >= 0.6 is 0 Å². The molecule has 0 saturated carbocycles. The molecule has 0 aromatic heterocycles. The van der Waals surface area contributed by atoms with Gasteiger partial charge in [0.2, 0.25) is 10.0 Å². The first-order valence-electron chi connectivity index (χ1n) is 10.3. The van der Waals surface area contributed by atoms with Crippen LogP contribution in [0.2, 0.25) is 0 Å². The van der Waals surface area contributed by atoms with E-state index in [9.17, 15) is 13.2 Å². The summed E-state index contributed by atoms with van der Waals surface area (Å²) in [7, 11) is -0.782. The topological polar surface area (TPSA) is 111 Å². The molecule has 2 N–H and O–H groups in total. The molecule has 172 valence electrons. The molecule has 1 amide bonds. The molecule has 9 nitrogen and oxygen atoms in total. The fourth-order valence-electron chi connectivity index (χ4n) is 4.17. The van der Waals surface area contributed by atoms with Crippen LogP contribution in [0.15, 0.2) is 35.2 Å². The van der Waals surface area contributed by atoms with E-state index in [1.54, 1.807) is 25.2 Å². The molecule has 10 heteroatoms. The van der Waals surface area contributed by atoms with Crippen LogP contribution in [-0.4, -0.2) is 66.3 Å². The third-order valence-corrected chi connectivity index (χ3v) is 6.79. The van der Waals surface area contributed by atoms with E-state index >= 15 is 0 Å². The van der Waals surface area contributed by atoms with Crippen LogP contribution in [0.5, 0.6) is 11.5 Å². The summed E-state index contributed by atoms with van der Waals surface area (Å²) < 4.78 is 40.1. The zero-order valence-corrected chi connectivity index (χ0v) is 19.0. The summed E-state index contributed by atoms with van der Waals surface area (Å²) in [5, 5.41) is 5.34. The van der Waals surface area contributed by atoms with Crippen LogP contribution in [0.4, 0.5) is 5.69 Å². The van der Waals surface area contributed by atoms with Gasteiger partial charge < -0.3 is 24.0 Å². The Morgan fingerprint density at radius 1 is 1.00 bits per heavy atom. The Kier molecular flexibility index (Phi) is 6.27. The molecule has 1 saturated heterocycles. The lowest BCUT2D eigenvalue weighted by atomic mass is 9.98. The van der Waals surface area contributed by atoms with Crippen molar-refractivity contribution in [1.82, 2.24) is 4.90 Å². The van der Waals surface area contributed by atoms with Crippen LogP contribution in [0.1, 0.15) is 21.5 Å². The number of morpholine rings is 1. The number of hydrogen-bond acceptors (Lipinski definition) is 7. The number of amides is 1. The number of nitrogens with zero attached hydrogens (tertiary/aromatic N) is 2. The molecule has 2 heterocycles. The Morgan fingerprint density at radius 3 is 2.28 bits per heavy atom. The number of rotatable bonds is 5. The number of nitrogens with two attached hydrogens (primary N) is 1. The van der Waals surface area contributed by atoms with Gasteiger partial charge >= 0.3 is 0 Å². The summed E-state index contributed by atoms with van der Waals surface area (Å²) >= 11 is 0. The fraction of sp³-hybridized carbons (Fsp3) is 0.409. The van der Waals surface area contributed by atoms with Gasteiger partial charge in [-0.1, -0.05) is 0 Å². The van der Waals surface area contributed by atoms with E-state index < -0.39 is 10.0 Å². The van der Waals surface area contributed by atoms with Gasteiger partial charge in [0.1, 0.15) is 0 Å². The van der Waals surface area contributed by atoms with Crippen molar-refractivity contribution >= 4 is 21.6 Å². The van der Waals surface area contributed by atoms with Gasteiger partial charge in [0.25, 0.3) is 5.91 Å². The van der Waals surface area contributed by atoms with E-state index in [1.807, 2.05) is 17.0 Å². The summed E-state index contributed by atoms with van der Waals surface area (Å²) in [4.78, 5) is 17.3. The molecular weight excluding hydrogens is 434 g/mol. The second-order valence-corrected chi connectivity index (χ2v) is 9.34. The van der Waals surface area contributed by atoms with Crippen molar-refractivity contribution in [3.8, 4) is 11.5 Å². The highest BCUT2D eigenvalue weighted by molar-refractivity contribution is 7.89. The van der Waals surface area contributed by atoms with Crippen LogP contribution in [0.25, 0.3) is 0 Å². The largest absolute Gasteiger partial charge is 0.493 e. The van der Waals surface area contributed by atoms with Gasteiger partial charge in [-0.05, 0) is 47.9 Å². The van der Waals surface area contributed by atoms with Gasteiger partial charge in [-0.3, -0.25) is 4.79 Å². The predicted octanol–water partition coefficient (Wildman–Crippen LogP) is 1.39. The van der Waals surface area contributed by atoms with E-state index in [1.165, 1.54) is 12.1 Å². The molecule has 2 aromatic carbocycles. The summed E-state index contributed by atoms with van der Waals surface area (Å²) in [6.07, 6.45) is 0.656. The second-order valence-electron chi connectivity index (χ2n) is 7.78. The lowest BCUT2D eigenvalue weighted by Gasteiger charge is -2.33. The normalized spacial score (nSPS) is 16.5. The van der Waals surface area contributed by atoms with Gasteiger partial charge in [0, 0.05) is 31.9 Å². The van der Waals surface area contributed by atoms with E-state index in [0.29, 0.717) is 68.6 Å². The van der Waals surface area contributed by atoms with Crippen molar-refractivity contribution in [2.75, 3.05) is 52.0 Å². The Balaban J connectivity index is 1.69. The summed E-state index contributed by atoms with van der Waals surface area (Å²) in [6, 6.07) is 8.31. The number of methoxy groups -OCH3 is 2. The highest BCUT2D eigenvalue weighted by atomic mass is 32.2. The van der Waals surface area contributed by atoms with Crippen LogP contribution in [0, 0.1) is 0 Å². The summed E-state index contributed by atoms with van der Waals surface area (Å²) in [5.74, 6) is 1.02. The number of carbonyl (C=O) groups is 1. The molecule has 4 rings (SSSR count). The number of hydrogen-bond donors (Lipinski definition) is 1. The Labute approximate surface area is 187 Å². The van der Waals surface area contributed by atoms with Crippen molar-refractivity contribution in [1.29, 1.82) is 0 Å². The zero-order valence-electron chi connectivity index (χ0n) is 18.2. The predicted molar refractivity (Wildman–Crippen MR) is 119 cm³/mol. The smallest absolute Gasteiger partial charge is 0.256 e. The highest BCUT2D eigenvalue weighted by Crippen LogP contribution is 2.34. The minimum atomic E-state index is -3.95. The molecule has 0 aliphatic carbocycles. The Bertz CT molecular complexity index is 1130. The molecular formula is C22H27N3O6S. The molecule has 0 radical (unpaired) electrons. The second kappa shape index (κ2) is 8.97. The van der Waals surface area contributed by atoms with Crippen molar-refractivity contribution in [3.05, 3.63) is 47.0 Å². The standard InChI is InChI=1S/C22H27N3O6S/c1-29-20-11-15-5-6-25(14-16(15)12-21(20)30-2)22(26)18-13-17(32(23,27)28)3-4-19(18)24-7-9-31-10-8-24/h3-4,11-13H,5-10,14H2,1-2H3,(H2,23,27,28). The van der Waals surface area contributed by atoms with E-state index in [4.69, 9.17) is 19.3 Å². The maximum Gasteiger partial charge on any atom is 0.256 e. The highest BCUT2D eigenvalue weighted by Gasteiger charge is 2.28. The number of fused-ring (bicyclic) bond motifs is 1. The van der Waals surface area contributed by atoms with Gasteiger partial charge in [-0.15, -0.1) is 0 Å². The average molecular weight is 462 g/mol. The van der Waals surface area contributed by atoms with Crippen molar-refractivity contribution < 1.29 is 27.4 Å². The number of benzene rings is 2. The average Bonchev–Trinajstić information content (AvgIpc) is 2.81. The number of sulfonamides is 1. The first kappa shape index (κ1) is 22.4. The minimum Gasteiger partial charge on any atom is -0.493 e. The van der Waals surface area contributed by atoms with E-state index in [2.05, 4.69) is 0 Å². The maximum atomic E-state index is 13.6. The molecule has 1 fully saturated rings. The van der Waals surface area contributed by atoms with Gasteiger partial charge in [-0.2, -0.15) is 0 Å². The molecule has 32 heavy (non-hydrogen) atoms. The molecule has 0 unspecified atom stereocenters. The first-order valence-corrected chi connectivity index (χ1v) is 11.9. The van der Waals surface area contributed by atoms with Crippen molar-refractivity contribution in [2.24, 2.45) is 5.14 Å². The zero-order chi connectivity index (χ0) is 22.9. The summed E-state index contributed by atoms with van der Waals surface area (Å²) in [6.45, 7) is 3.22. The SMILES string of the molecule is COc1cc2c(cc1OC)CN(C(=O)c1cc(S(N)(=O)=O)ccc1N1CCOCC1)CC2. The molecule has 2 aliphatic heterocycles. The maximum absolute atomic E-state index is 13.6. The third kappa shape index (κ3) is 4.38. The minimum absolute atomic E-state index is 0.0818. The van der Waals surface area contributed by atoms with Gasteiger partial charge in [-0.25, -0.2) is 13.6 Å². The monoisotopic (exact) mass is 461 g/mol. The molecule has 0 spiro atoms. The lowest BCUT2D eigenvalue weighted by molar-refractivity contribution is 0.0733. The lowest BCUT2D eigenvalue weighted by Crippen LogP contribution is -2.40. The van der Waals surface area contributed by atoms with E-state index in [0.717, 1.165) is 11.1 Å². The number of anilines is 1. The van der Waals surface area contributed by atoms with Gasteiger partial charge in [0.05, 0.1) is 37.9 Å². The first-order chi connectivity index (χ1) is 15.3. The number of ether oxygens (including phenoxy) is 3. The van der Waals surface area contributed by atoms with E-state index in [-0.39, 0.29) is 10.8 Å². The number of carbonyl (C=O) groups excluding carboxylic acids is 1. The Morgan fingerprint density at radius 2 is 1.66 bits per heavy atom. The summed E-state index contributed by atoms with van der Waals surface area (Å²) in [5.41, 5.74) is 3.07. The van der Waals surface area contributed by atoms with Crippen molar-refractivity contribution in [3.63, 3.8) is 0 Å². The third-order valence-electron chi connectivity index (χ3n) is 5.88. The quantitative estimate of drug-likeness (QED) is 0.716. The Hall–Kier alpha value is -2.82. The molecule has 2 aromatic rings. The molecule has 0 bridgehead atoms. The fourth-order valence-corrected chi connectivity index (χ4v) is 4.71. The van der Waals surface area contributed by atoms with Crippen molar-refractivity contribution in [2.45, 2.75) is 17.9 Å². The van der Waals surface area contributed by atoms with Crippen LogP contribution in [0.3, 0.4) is 0 Å². The molecule has 0 atom stereocenters.